The standard InChI is InChI=1S/C21H25NO7/c1-25-15-6-8-16(9-7-15)28-12-4-5-21(24)29-14-20(23)22-18-11-10-17(26-2)13-19(18)27-3/h6-11,13H,4-5,12,14H2,1-3H3,(H,22,23). The van der Waals surface area contributed by atoms with Crippen LogP contribution in [0.3, 0.4) is 0 Å². The number of anilines is 1. The average molecular weight is 403 g/mol. The van der Waals surface area contributed by atoms with Crippen LogP contribution >= 0.6 is 0 Å². The van der Waals surface area contributed by atoms with Crippen molar-refractivity contribution in [3.05, 3.63) is 42.5 Å². The normalized spacial score (nSPS) is 10.0. The Balaban J connectivity index is 1.67. The van der Waals surface area contributed by atoms with Gasteiger partial charge >= 0.3 is 5.97 Å². The zero-order chi connectivity index (χ0) is 21.1. The molecule has 1 N–H and O–H groups in total. The fourth-order valence-electron chi connectivity index (χ4n) is 2.38. The number of methoxy groups -OCH3 is 3. The van der Waals surface area contributed by atoms with Crippen LogP contribution in [-0.2, 0) is 14.3 Å². The molecule has 156 valence electrons. The maximum atomic E-state index is 12.0. The van der Waals surface area contributed by atoms with Gasteiger partial charge in [0, 0.05) is 12.5 Å². The van der Waals surface area contributed by atoms with Gasteiger partial charge in [-0.3, -0.25) is 9.59 Å². The second-order valence-electron chi connectivity index (χ2n) is 5.90. The third-order valence-corrected chi connectivity index (χ3v) is 3.90. The SMILES string of the molecule is COc1ccc(OCCCC(=O)OCC(=O)Nc2ccc(OC)cc2OC)cc1. The predicted octanol–water partition coefficient (Wildman–Crippen LogP) is 3.05. The third-order valence-electron chi connectivity index (χ3n) is 3.90. The molecule has 0 fully saturated rings. The van der Waals surface area contributed by atoms with Gasteiger partial charge < -0.3 is 29.0 Å². The van der Waals surface area contributed by atoms with Gasteiger partial charge in [-0.2, -0.15) is 0 Å². The van der Waals surface area contributed by atoms with Gasteiger partial charge in [0.15, 0.2) is 6.61 Å². The molecule has 0 aromatic heterocycles. The van der Waals surface area contributed by atoms with E-state index in [0.29, 0.717) is 36.0 Å². The Morgan fingerprint density at radius 2 is 1.52 bits per heavy atom. The largest absolute Gasteiger partial charge is 0.497 e. The number of rotatable bonds is 11. The first-order valence-corrected chi connectivity index (χ1v) is 9.00. The van der Waals surface area contributed by atoms with E-state index in [4.69, 9.17) is 23.7 Å². The summed E-state index contributed by atoms with van der Waals surface area (Å²) in [5.41, 5.74) is 0.460. The van der Waals surface area contributed by atoms with Crippen molar-refractivity contribution in [2.75, 3.05) is 39.9 Å². The number of nitrogens with one attached hydrogen (secondary N) is 1. The molecule has 0 atom stereocenters. The van der Waals surface area contributed by atoms with Gasteiger partial charge in [0.2, 0.25) is 0 Å². The van der Waals surface area contributed by atoms with Crippen LogP contribution < -0.4 is 24.3 Å². The van der Waals surface area contributed by atoms with Crippen molar-refractivity contribution in [1.82, 2.24) is 0 Å². The van der Waals surface area contributed by atoms with Crippen molar-refractivity contribution in [1.29, 1.82) is 0 Å². The minimum atomic E-state index is -0.472. The molecule has 0 aliphatic carbocycles. The van der Waals surface area contributed by atoms with E-state index in [1.54, 1.807) is 49.6 Å². The van der Waals surface area contributed by atoms with E-state index in [-0.39, 0.29) is 13.0 Å². The molecule has 0 radical (unpaired) electrons. The predicted molar refractivity (Wildman–Crippen MR) is 107 cm³/mol. The Morgan fingerprint density at radius 1 is 0.862 bits per heavy atom. The topological polar surface area (TPSA) is 92.3 Å². The lowest BCUT2D eigenvalue weighted by Gasteiger charge is -2.12. The first kappa shape index (κ1) is 21.9. The van der Waals surface area contributed by atoms with Crippen molar-refractivity contribution < 1.29 is 33.3 Å². The minimum Gasteiger partial charge on any atom is -0.497 e. The second kappa shape index (κ2) is 11.4. The maximum absolute atomic E-state index is 12.0. The van der Waals surface area contributed by atoms with Crippen LogP contribution in [0.2, 0.25) is 0 Å². The summed E-state index contributed by atoms with van der Waals surface area (Å²) in [7, 11) is 4.61. The highest BCUT2D eigenvalue weighted by Gasteiger charge is 2.11. The Bertz CT molecular complexity index is 805. The number of carbonyl (C=O) groups excluding carboxylic acids is 2. The van der Waals surface area contributed by atoms with Gasteiger partial charge in [-0.15, -0.1) is 0 Å². The van der Waals surface area contributed by atoms with Crippen molar-refractivity contribution in [2.24, 2.45) is 0 Å². The molecular formula is C21H25NO7. The van der Waals surface area contributed by atoms with Gasteiger partial charge in [-0.1, -0.05) is 0 Å². The summed E-state index contributed by atoms with van der Waals surface area (Å²) in [5, 5.41) is 2.63. The Kier molecular flexibility index (Phi) is 8.62. The van der Waals surface area contributed by atoms with E-state index >= 15 is 0 Å². The summed E-state index contributed by atoms with van der Waals surface area (Å²) < 4.78 is 25.9. The van der Waals surface area contributed by atoms with E-state index in [1.807, 2.05) is 0 Å². The molecule has 0 aliphatic rings. The first-order chi connectivity index (χ1) is 14.0. The highest BCUT2D eigenvalue weighted by molar-refractivity contribution is 5.94. The molecule has 0 saturated carbocycles. The van der Waals surface area contributed by atoms with Gasteiger partial charge in [-0.25, -0.2) is 0 Å². The lowest BCUT2D eigenvalue weighted by atomic mass is 10.2. The van der Waals surface area contributed by atoms with Crippen LogP contribution in [0.25, 0.3) is 0 Å². The number of esters is 1. The summed E-state index contributed by atoms with van der Waals surface area (Å²) in [6.07, 6.45) is 0.619. The van der Waals surface area contributed by atoms with Crippen LogP contribution in [0.5, 0.6) is 23.0 Å². The van der Waals surface area contributed by atoms with Crippen molar-refractivity contribution in [3.63, 3.8) is 0 Å². The second-order valence-corrected chi connectivity index (χ2v) is 5.90. The zero-order valence-electron chi connectivity index (χ0n) is 16.7. The molecule has 8 heteroatoms. The van der Waals surface area contributed by atoms with Gasteiger partial charge in [0.1, 0.15) is 23.0 Å². The zero-order valence-corrected chi connectivity index (χ0v) is 16.7. The Hall–Kier alpha value is -3.42. The highest BCUT2D eigenvalue weighted by atomic mass is 16.5. The van der Waals surface area contributed by atoms with Gasteiger partial charge in [-0.05, 0) is 42.8 Å². The molecular weight excluding hydrogens is 378 g/mol. The van der Waals surface area contributed by atoms with E-state index in [2.05, 4.69) is 5.32 Å². The van der Waals surface area contributed by atoms with E-state index < -0.39 is 11.9 Å². The first-order valence-electron chi connectivity index (χ1n) is 9.00. The molecule has 0 bridgehead atoms. The van der Waals surface area contributed by atoms with Crippen LogP contribution in [-0.4, -0.2) is 46.4 Å². The van der Waals surface area contributed by atoms with Crippen LogP contribution in [0.4, 0.5) is 5.69 Å². The van der Waals surface area contributed by atoms with E-state index in [1.165, 1.54) is 14.2 Å². The number of carbonyl (C=O) groups is 2. The van der Waals surface area contributed by atoms with Crippen LogP contribution in [0.1, 0.15) is 12.8 Å². The van der Waals surface area contributed by atoms with E-state index in [0.717, 1.165) is 5.75 Å². The monoisotopic (exact) mass is 403 g/mol. The molecule has 0 heterocycles. The van der Waals surface area contributed by atoms with Crippen molar-refractivity contribution >= 4 is 17.6 Å². The summed E-state index contributed by atoms with van der Waals surface area (Å²) in [4.78, 5) is 23.8. The number of ether oxygens (including phenoxy) is 5. The Morgan fingerprint density at radius 3 is 2.17 bits per heavy atom. The average Bonchev–Trinajstić information content (AvgIpc) is 2.76. The summed E-state index contributed by atoms with van der Waals surface area (Å²) in [6.45, 7) is -0.0238. The fraction of sp³-hybridized carbons (Fsp3) is 0.333. The lowest BCUT2D eigenvalue weighted by molar-refractivity contribution is -0.147. The summed E-state index contributed by atoms with van der Waals surface area (Å²) in [5.74, 6) is 1.54. The number of amides is 1. The van der Waals surface area contributed by atoms with Crippen LogP contribution in [0, 0.1) is 0 Å². The van der Waals surface area contributed by atoms with Gasteiger partial charge in [0.05, 0.1) is 33.6 Å². The minimum absolute atomic E-state index is 0.148. The molecule has 0 unspecified atom stereocenters. The number of benzene rings is 2. The molecule has 8 nitrogen and oxygen atoms in total. The molecule has 2 rings (SSSR count). The molecule has 0 saturated heterocycles. The molecule has 29 heavy (non-hydrogen) atoms. The molecule has 2 aromatic rings. The summed E-state index contributed by atoms with van der Waals surface area (Å²) >= 11 is 0. The fourth-order valence-corrected chi connectivity index (χ4v) is 2.38. The maximum Gasteiger partial charge on any atom is 0.306 e. The third kappa shape index (κ3) is 7.25. The molecule has 1 amide bonds. The molecule has 0 aliphatic heterocycles. The summed E-state index contributed by atoms with van der Waals surface area (Å²) in [6, 6.07) is 12.1. The van der Waals surface area contributed by atoms with Crippen molar-refractivity contribution in [3.8, 4) is 23.0 Å². The number of hydrogen-bond acceptors (Lipinski definition) is 7. The Labute approximate surface area is 169 Å². The van der Waals surface area contributed by atoms with E-state index in [9.17, 15) is 9.59 Å². The highest BCUT2D eigenvalue weighted by Crippen LogP contribution is 2.28. The molecule has 0 spiro atoms. The quantitative estimate of drug-likeness (QED) is 0.455. The van der Waals surface area contributed by atoms with Gasteiger partial charge in [0.25, 0.3) is 5.91 Å². The van der Waals surface area contributed by atoms with Crippen molar-refractivity contribution in [2.45, 2.75) is 12.8 Å². The number of hydrogen-bond donors (Lipinski definition) is 1. The molecule has 2 aromatic carbocycles. The van der Waals surface area contributed by atoms with Crippen LogP contribution in [0.15, 0.2) is 42.5 Å². The smallest absolute Gasteiger partial charge is 0.306 e. The lowest BCUT2D eigenvalue weighted by Crippen LogP contribution is -2.21.